The molecule has 2 N–H and O–H groups in total. The van der Waals surface area contributed by atoms with Gasteiger partial charge in [-0.05, 0) is 12.0 Å². The second-order valence-corrected chi connectivity index (χ2v) is 3.66. The maximum absolute atomic E-state index is 5.92. The third kappa shape index (κ3) is 1.55. The second kappa shape index (κ2) is 3.66. The Kier molecular flexibility index (Phi) is 2.35. The van der Waals surface area contributed by atoms with E-state index in [1.165, 1.54) is 0 Å². The summed E-state index contributed by atoms with van der Waals surface area (Å²) >= 11 is 0. The average Bonchev–Trinajstić information content (AvgIpc) is 2.20. The maximum Gasteiger partial charge on any atom is 0.0383 e. The minimum absolute atomic E-state index is 0.369. The molecule has 72 valence electrons. The lowest BCUT2D eigenvalue weighted by Crippen LogP contribution is -2.09. The van der Waals surface area contributed by atoms with Crippen LogP contribution in [0.25, 0.3) is 0 Å². The van der Waals surface area contributed by atoms with Crippen LogP contribution in [-0.2, 0) is 0 Å². The number of nitrogens with two attached hydrogens (primary N) is 1. The van der Waals surface area contributed by atoms with Crippen molar-refractivity contribution in [1.82, 2.24) is 4.98 Å². The third-order valence-corrected chi connectivity index (χ3v) is 2.66. The predicted octanol–water partition coefficient (Wildman–Crippen LogP) is 2.51. The Balaban J connectivity index is 2.36. The van der Waals surface area contributed by atoms with E-state index in [0.29, 0.717) is 11.8 Å². The SMILES string of the molecule is CC1C=CC=CC1c1cnccc1N. The summed E-state index contributed by atoms with van der Waals surface area (Å²) in [5.74, 6) is 0.861. The highest BCUT2D eigenvalue weighted by atomic mass is 14.7. The minimum atomic E-state index is 0.369. The van der Waals surface area contributed by atoms with Crippen molar-refractivity contribution in [2.45, 2.75) is 12.8 Å². The lowest BCUT2D eigenvalue weighted by molar-refractivity contribution is 0.635. The zero-order valence-electron chi connectivity index (χ0n) is 8.22. The number of hydrogen-bond donors (Lipinski definition) is 1. The highest BCUT2D eigenvalue weighted by Crippen LogP contribution is 2.32. The first kappa shape index (κ1) is 9.00. The van der Waals surface area contributed by atoms with E-state index in [9.17, 15) is 0 Å². The van der Waals surface area contributed by atoms with Gasteiger partial charge in [-0.2, -0.15) is 0 Å². The van der Waals surface area contributed by atoms with Crippen molar-refractivity contribution in [2.24, 2.45) is 5.92 Å². The highest BCUT2D eigenvalue weighted by molar-refractivity contribution is 5.49. The summed E-state index contributed by atoms with van der Waals surface area (Å²) in [6, 6.07) is 1.86. The molecule has 1 heterocycles. The summed E-state index contributed by atoms with van der Waals surface area (Å²) in [5.41, 5.74) is 7.87. The van der Waals surface area contributed by atoms with E-state index in [0.717, 1.165) is 11.3 Å². The molecule has 1 aliphatic carbocycles. The van der Waals surface area contributed by atoms with E-state index in [1.807, 2.05) is 12.3 Å². The summed E-state index contributed by atoms with van der Waals surface area (Å²) in [4.78, 5) is 4.12. The molecular formula is C12H14N2. The number of aromatic nitrogens is 1. The molecule has 1 aromatic heterocycles. The number of nitrogens with zero attached hydrogens (tertiary/aromatic N) is 1. The molecule has 0 bridgehead atoms. The molecule has 1 aliphatic rings. The summed E-state index contributed by atoms with van der Waals surface area (Å²) in [6.07, 6.45) is 12.1. The largest absolute Gasteiger partial charge is 0.398 e. The Hall–Kier alpha value is -1.57. The molecule has 2 heteroatoms. The first-order valence-corrected chi connectivity index (χ1v) is 4.83. The van der Waals surface area contributed by atoms with Crippen LogP contribution in [0.15, 0.2) is 42.8 Å². The van der Waals surface area contributed by atoms with Gasteiger partial charge in [0.15, 0.2) is 0 Å². The van der Waals surface area contributed by atoms with Crippen LogP contribution in [0.1, 0.15) is 18.4 Å². The van der Waals surface area contributed by atoms with Crippen LogP contribution in [0, 0.1) is 5.92 Å². The highest BCUT2D eigenvalue weighted by Gasteiger charge is 2.18. The van der Waals surface area contributed by atoms with Gasteiger partial charge in [-0.25, -0.2) is 0 Å². The maximum atomic E-state index is 5.92. The van der Waals surface area contributed by atoms with Crippen molar-refractivity contribution in [3.05, 3.63) is 48.3 Å². The van der Waals surface area contributed by atoms with Gasteiger partial charge < -0.3 is 5.73 Å². The Bertz CT molecular complexity index is 380. The molecule has 0 fully saturated rings. The molecule has 2 unspecified atom stereocenters. The Morgan fingerprint density at radius 3 is 2.79 bits per heavy atom. The zero-order valence-corrected chi connectivity index (χ0v) is 8.22. The van der Waals surface area contributed by atoms with Crippen molar-refractivity contribution >= 4 is 5.69 Å². The summed E-state index contributed by atoms with van der Waals surface area (Å²) in [7, 11) is 0. The van der Waals surface area contributed by atoms with E-state index >= 15 is 0 Å². The molecule has 14 heavy (non-hydrogen) atoms. The second-order valence-electron chi connectivity index (χ2n) is 3.66. The molecule has 0 aromatic carbocycles. The molecule has 0 saturated carbocycles. The van der Waals surface area contributed by atoms with Gasteiger partial charge in [0, 0.05) is 29.6 Å². The number of anilines is 1. The van der Waals surface area contributed by atoms with Gasteiger partial charge in [-0.15, -0.1) is 0 Å². The van der Waals surface area contributed by atoms with Gasteiger partial charge in [-0.3, -0.25) is 4.98 Å². The number of nitrogen functional groups attached to an aromatic ring is 1. The van der Waals surface area contributed by atoms with Crippen LogP contribution in [0.2, 0.25) is 0 Å². The lowest BCUT2D eigenvalue weighted by Gasteiger charge is -2.21. The predicted molar refractivity (Wildman–Crippen MR) is 58.8 cm³/mol. The molecule has 0 aliphatic heterocycles. The van der Waals surface area contributed by atoms with E-state index in [-0.39, 0.29) is 0 Å². The monoisotopic (exact) mass is 186 g/mol. The fourth-order valence-electron chi connectivity index (χ4n) is 1.80. The van der Waals surface area contributed by atoms with Gasteiger partial charge >= 0.3 is 0 Å². The van der Waals surface area contributed by atoms with Crippen LogP contribution >= 0.6 is 0 Å². The quantitative estimate of drug-likeness (QED) is 0.732. The molecule has 0 radical (unpaired) electrons. The van der Waals surface area contributed by atoms with Gasteiger partial charge in [-0.1, -0.05) is 31.2 Å². The Morgan fingerprint density at radius 1 is 1.29 bits per heavy atom. The van der Waals surface area contributed by atoms with Gasteiger partial charge in [0.1, 0.15) is 0 Å². The van der Waals surface area contributed by atoms with E-state index in [4.69, 9.17) is 5.73 Å². The first-order valence-electron chi connectivity index (χ1n) is 4.83. The fraction of sp³-hybridized carbons (Fsp3) is 0.250. The lowest BCUT2D eigenvalue weighted by atomic mass is 9.84. The average molecular weight is 186 g/mol. The normalized spacial score (nSPS) is 25.2. The van der Waals surface area contributed by atoms with Crippen LogP contribution < -0.4 is 5.73 Å². The van der Waals surface area contributed by atoms with E-state index < -0.39 is 0 Å². The van der Waals surface area contributed by atoms with E-state index in [1.54, 1.807) is 6.20 Å². The molecule has 0 spiro atoms. The van der Waals surface area contributed by atoms with Gasteiger partial charge in [0.2, 0.25) is 0 Å². The minimum Gasteiger partial charge on any atom is -0.398 e. The number of allylic oxidation sites excluding steroid dienone is 4. The van der Waals surface area contributed by atoms with Crippen molar-refractivity contribution in [3.8, 4) is 0 Å². The van der Waals surface area contributed by atoms with Crippen LogP contribution in [0.4, 0.5) is 5.69 Å². The Labute approximate surface area is 84.2 Å². The van der Waals surface area contributed by atoms with Crippen molar-refractivity contribution in [1.29, 1.82) is 0 Å². The summed E-state index contributed by atoms with van der Waals surface area (Å²) in [6.45, 7) is 2.19. The van der Waals surface area contributed by atoms with Gasteiger partial charge in [0.25, 0.3) is 0 Å². The summed E-state index contributed by atoms with van der Waals surface area (Å²) < 4.78 is 0. The smallest absolute Gasteiger partial charge is 0.0383 e. The molecule has 0 saturated heterocycles. The number of hydrogen-bond acceptors (Lipinski definition) is 2. The number of pyridine rings is 1. The van der Waals surface area contributed by atoms with Gasteiger partial charge in [0.05, 0.1) is 0 Å². The molecule has 0 amide bonds. The molecule has 1 aromatic rings. The van der Waals surface area contributed by atoms with Crippen LogP contribution in [-0.4, -0.2) is 4.98 Å². The molecular weight excluding hydrogens is 172 g/mol. The van der Waals surface area contributed by atoms with Crippen molar-refractivity contribution in [2.75, 3.05) is 5.73 Å². The van der Waals surface area contributed by atoms with Crippen LogP contribution in [0.5, 0.6) is 0 Å². The molecule has 2 atom stereocenters. The van der Waals surface area contributed by atoms with Crippen LogP contribution in [0.3, 0.4) is 0 Å². The zero-order chi connectivity index (χ0) is 9.97. The number of rotatable bonds is 1. The molecule has 2 rings (SSSR count). The fourth-order valence-corrected chi connectivity index (χ4v) is 1.80. The first-order chi connectivity index (χ1) is 6.79. The Morgan fingerprint density at radius 2 is 2.07 bits per heavy atom. The standard InChI is InChI=1S/C12H14N2/c1-9-4-2-3-5-10(9)11-8-14-7-6-12(11)13/h2-10H,1H3,(H2,13,14). The molecule has 2 nitrogen and oxygen atoms in total. The van der Waals surface area contributed by atoms with E-state index in [2.05, 4.69) is 36.2 Å². The van der Waals surface area contributed by atoms with Crippen molar-refractivity contribution in [3.63, 3.8) is 0 Å². The third-order valence-electron chi connectivity index (χ3n) is 2.66. The van der Waals surface area contributed by atoms with Crippen molar-refractivity contribution < 1.29 is 0 Å². The summed E-state index contributed by atoms with van der Waals surface area (Å²) in [5, 5.41) is 0. The topological polar surface area (TPSA) is 38.9 Å².